The Labute approximate surface area is 62.7 Å². The Kier molecular flexibility index (Phi) is 3.89. The van der Waals surface area contributed by atoms with Gasteiger partial charge in [0.25, 0.3) is 0 Å². The van der Waals surface area contributed by atoms with Gasteiger partial charge in [-0.3, -0.25) is 0 Å². The highest BCUT2D eigenvalue weighted by Gasteiger charge is 2.16. The van der Waals surface area contributed by atoms with Gasteiger partial charge in [0, 0.05) is 12.3 Å². The van der Waals surface area contributed by atoms with E-state index in [9.17, 15) is 8.42 Å². The molecule has 0 saturated carbocycles. The van der Waals surface area contributed by atoms with E-state index in [-0.39, 0.29) is 11.0 Å². The van der Waals surface area contributed by atoms with Crippen LogP contribution in [0, 0.1) is 0 Å². The highest BCUT2D eigenvalue weighted by Crippen LogP contribution is 1.98. The van der Waals surface area contributed by atoms with Crippen LogP contribution in [0.15, 0.2) is 0 Å². The Bertz CT molecular complexity index is 174. The predicted octanol–water partition coefficient (Wildman–Crippen LogP) is 0.0290. The van der Waals surface area contributed by atoms with Crippen molar-refractivity contribution in [2.45, 2.75) is 19.1 Å². The molecule has 0 radical (unpaired) electrons. The number of hydrogen-bond donors (Lipinski definition) is 1. The van der Waals surface area contributed by atoms with E-state index in [1.54, 1.807) is 20.9 Å². The van der Waals surface area contributed by atoms with Gasteiger partial charge in [0.2, 0.25) is 0 Å². The van der Waals surface area contributed by atoms with Gasteiger partial charge in [-0.25, -0.2) is 8.42 Å². The van der Waals surface area contributed by atoms with Gasteiger partial charge in [0.15, 0.2) is 9.84 Å². The minimum Gasteiger partial charge on any atom is -0.318 e. The van der Waals surface area contributed by atoms with Crippen molar-refractivity contribution in [2.75, 3.05) is 19.3 Å². The van der Waals surface area contributed by atoms with E-state index >= 15 is 0 Å². The van der Waals surface area contributed by atoms with Crippen LogP contribution in [-0.4, -0.2) is 33.0 Å². The molecule has 0 heterocycles. The normalized spacial score (nSPS) is 15.1. The summed E-state index contributed by atoms with van der Waals surface area (Å²) in [5, 5.41) is 2.57. The molecule has 0 aromatic heterocycles. The maximum absolute atomic E-state index is 11.0. The van der Waals surface area contributed by atoms with Gasteiger partial charge >= 0.3 is 0 Å². The highest BCUT2D eigenvalue weighted by atomic mass is 32.2. The van der Waals surface area contributed by atoms with Gasteiger partial charge in [-0.05, 0) is 14.0 Å². The summed E-state index contributed by atoms with van der Waals surface area (Å²) in [6.07, 6.45) is 0. The number of rotatable bonds is 4. The molecule has 0 bridgehead atoms. The lowest BCUT2D eigenvalue weighted by Crippen LogP contribution is -2.29. The maximum atomic E-state index is 11.0. The second-order valence-electron chi connectivity index (χ2n) is 2.32. The maximum Gasteiger partial charge on any atom is 0.153 e. The molecule has 1 unspecified atom stereocenters. The summed E-state index contributed by atoms with van der Waals surface area (Å²) in [5.74, 6) is 0.232. The van der Waals surface area contributed by atoms with Crippen LogP contribution in [0.3, 0.4) is 0 Å². The van der Waals surface area contributed by atoms with Crippen molar-refractivity contribution in [3.8, 4) is 0 Å². The highest BCUT2D eigenvalue weighted by molar-refractivity contribution is 7.92. The predicted molar refractivity (Wildman–Crippen MR) is 42.8 cm³/mol. The van der Waals surface area contributed by atoms with E-state index in [0.717, 1.165) is 0 Å². The van der Waals surface area contributed by atoms with Gasteiger partial charge in [-0.2, -0.15) is 0 Å². The first-order chi connectivity index (χ1) is 4.54. The third-order valence-corrected chi connectivity index (χ3v) is 3.70. The van der Waals surface area contributed by atoms with Crippen LogP contribution < -0.4 is 5.32 Å². The summed E-state index contributed by atoms with van der Waals surface area (Å²) in [4.78, 5) is 0. The van der Waals surface area contributed by atoms with E-state index in [0.29, 0.717) is 6.54 Å². The lowest BCUT2D eigenvalue weighted by molar-refractivity contribution is 0.579. The molecule has 3 nitrogen and oxygen atoms in total. The molecule has 0 aliphatic rings. The molecule has 0 rings (SSSR count). The molecule has 0 aliphatic carbocycles. The van der Waals surface area contributed by atoms with Crippen LogP contribution >= 0.6 is 0 Å². The topological polar surface area (TPSA) is 46.2 Å². The molecule has 0 spiro atoms. The van der Waals surface area contributed by atoms with Gasteiger partial charge in [-0.1, -0.05) is 6.92 Å². The summed E-state index contributed by atoms with van der Waals surface area (Å²) >= 11 is 0. The van der Waals surface area contributed by atoms with Crippen molar-refractivity contribution < 1.29 is 8.42 Å². The second-order valence-corrected chi connectivity index (χ2v) is 5.03. The summed E-state index contributed by atoms with van der Waals surface area (Å²) in [7, 11) is -1.07. The zero-order valence-electron chi connectivity index (χ0n) is 6.72. The monoisotopic (exact) mass is 165 g/mol. The van der Waals surface area contributed by atoms with E-state index in [2.05, 4.69) is 5.32 Å². The Morgan fingerprint density at radius 1 is 1.50 bits per heavy atom. The standard InChI is InChI=1S/C6H15NO2S/c1-4-10(8,9)6(2)5-7-3/h6-7H,4-5H2,1-3H3. The van der Waals surface area contributed by atoms with Crippen LogP contribution in [0.5, 0.6) is 0 Å². The van der Waals surface area contributed by atoms with E-state index in [4.69, 9.17) is 0 Å². The van der Waals surface area contributed by atoms with Crippen LogP contribution in [0.4, 0.5) is 0 Å². The average Bonchev–Trinajstić information content (AvgIpc) is 1.89. The lowest BCUT2D eigenvalue weighted by atomic mass is 10.5. The Morgan fingerprint density at radius 3 is 2.30 bits per heavy atom. The Balaban J connectivity index is 4.06. The summed E-state index contributed by atoms with van der Waals surface area (Å²) in [6.45, 7) is 3.92. The molecule has 1 N–H and O–H groups in total. The molecule has 4 heteroatoms. The van der Waals surface area contributed by atoms with Crippen LogP contribution in [0.1, 0.15) is 13.8 Å². The lowest BCUT2D eigenvalue weighted by Gasteiger charge is -2.09. The van der Waals surface area contributed by atoms with Gasteiger partial charge < -0.3 is 5.32 Å². The Hall–Kier alpha value is -0.0900. The van der Waals surface area contributed by atoms with E-state index in [1.165, 1.54) is 0 Å². The number of hydrogen-bond acceptors (Lipinski definition) is 3. The first-order valence-electron chi connectivity index (χ1n) is 3.40. The molecular formula is C6H15NO2S. The fraction of sp³-hybridized carbons (Fsp3) is 1.00. The van der Waals surface area contributed by atoms with E-state index < -0.39 is 9.84 Å². The summed E-state index contributed by atoms with van der Waals surface area (Å²) in [6, 6.07) is 0. The SMILES string of the molecule is CCS(=O)(=O)C(C)CNC. The quantitative estimate of drug-likeness (QED) is 0.639. The van der Waals surface area contributed by atoms with Crippen LogP contribution in [-0.2, 0) is 9.84 Å². The van der Waals surface area contributed by atoms with Gasteiger partial charge in [-0.15, -0.1) is 0 Å². The fourth-order valence-corrected chi connectivity index (χ4v) is 1.69. The molecule has 0 saturated heterocycles. The first-order valence-corrected chi connectivity index (χ1v) is 5.12. The van der Waals surface area contributed by atoms with Crippen molar-refractivity contribution >= 4 is 9.84 Å². The molecule has 10 heavy (non-hydrogen) atoms. The molecule has 1 atom stereocenters. The van der Waals surface area contributed by atoms with Gasteiger partial charge in [0.05, 0.1) is 5.25 Å². The van der Waals surface area contributed by atoms with Crippen molar-refractivity contribution in [1.82, 2.24) is 5.32 Å². The number of sulfone groups is 1. The minimum absolute atomic E-state index is 0.232. The van der Waals surface area contributed by atoms with Crippen molar-refractivity contribution in [1.29, 1.82) is 0 Å². The average molecular weight is 165 g/mol. The van der Waals surface area contributed by atoms with Crippen molar-refractivity contribution in [3.05, 3.63) is 0 Å². The minimum atomic E-state index is -2.82. The zero-order chi connectivity index (χ0) is 8.20. The smallest absolute Gasteiger partial charge is 0.153 e. The van der Waals surface area contributed by atoms with Crippen molar-refractivity contribution in [3.63, 3.8) is 0 Å². The van der Waals surface area contributed by atoms with Crippen LogP contribution in [0.2, 0.25) is 0 Å². The largest absolute Gasteiger partial charge is 0.318 e. The number of nitrogens with one attached hydrogen (secondary N) is 1. The molecule has 0 fully saturated rings. The molecular weight excluding hydrogens is 150 g/mol. The molecule has 0 amide bonds. The second kappa shape index (κ2) is 3.93. The first kappa shape index (κ1) is 9.91. The summed E-state index contributed by atoms with van der Waals surface area (Å²) < 4.78 is 22.1. The summed E-state index contributed by atoms with van der Waals surface area (Å²) in [5.41, 5.74) is 0. The molecule has 0 aliphatic heterocycles. The third-order valence-electron chi connectivity index (χ3n) is 1.51. The fourth-order valence-electron chi connectivity index (χ4n) is 0.699. The van der Waals surface area contributed by atoms with Crippen molar-refractivity contribution in [2.24, 2.45) is 0 Å². The molecule has 0 aromatic carbocycles. The molecule has 62 valence electrons. The molecule has 0 aromatic rings. The third kappa shape index (κ3) is 2.66. The van der Waals surface area contributed by atoms with Crippen LogP contribution in [0.25, 0.3) is 0 Å². The zero-order valence-corrected chi connectivity index (χ0v) is 7.53. The van der Waals surface area contributed by atoms with Gasteiger partial charge in [0.1, 0.15) is 0 Å². The Morgan fingerprint density at radius 2 is 2.00 bits per heavy atom. The van der Waals surface area contributed by atoms with E-state index in [1.807, 2.05) is 0 Å².